The van der Waals surface area contributed by atoms with Crippen LogP contribution in [0.15, 0.2) is 4.79 Å². The number of nitrogens with zero attached hydrogens (tertiary/aromatic N) is 1. The molecule has 1 aromatic heterocycles. The van der Waals surface area contributed by atoms with Crippen LogP contribution >= 0.6 is 0 Å². The van der Waals surface area contributed by atoms with Gasteiger partial charge in [-0.1, -0.05) is 19.3 Å². The molecule has 0 aromatic carbocycles. The summed E-state index contributed by atoms with van der Waals surface area (Å²) in [4.78, 5) is 19.4. The Morgan fingerprint density at radius 2 is 2.11 bits per heavy atom. The first-order chi connectivity index (χ1) is 9.33. The second kappa shape index (κ2) is 5.74. The summed E-state index contributed by atoms with van der Waals surface area (Å²) >= 11 is 0. The lowest BCUT2D eigenvalue weighted by Gasteiger charge is -2.22. The zero-order valence-corrected chi connectivity index (χ0v) is 11.3. The van der Waals surface area contributed by atoms with Crippen LogP contribution in [0, 0.1) is 5.92 Å². The van der Waals surface area contributed by atoms with Crippen molar-refractivity contribution in [2.24, 2.45) is 5.92 Å². The van der Waals surface area contributed by atoms with Crippen LogP contribution in [0.5, 0.6) is 0 Å². The standard InChI is InChI=1S/C14H22N4O/c19-13-11-6-7-15-9-12(11)17-14(18-13)16-8-10-4-2-1-3-5-10/h10,15H,1-9H2,(H2,16,17,18,19). The van der Waals surface area contributed by atoms with Crippen LogP contribution in [0.25, 0.3) is 0 Å². The molecule has 0 unspecified atom stereocenters. The zero-order valence-electron chi connectivity index (χ0n) is 11.3. The van der Waals surface area contributed by atoms with Gasteiger partial charge in [-0.05, 0) is 31.7 Å². The Labute approximate surface area is 113 Å². The molecule has 1 saturated carbocycles. The highest BCUT2D eigenvalue weighted by atomic mass is 16.1. The van der Waals surface area contributed by atoms with E-state index in [0.29, 0.717) is 12.5 Å². The number of rotatable bonds is 3. The van der Waals surface area contributed by atoms with E-state index in [1.807, 2.05) is 0 Å². The third kappa shape index (κ3) is 2.97. The Balaban J connectivity index is 1.67. The van der Waals surface area contributed by atoms with Crippen LogP contribution in [0.3, 0.4) is 0 Å². The van der Waals surface area contributed by atoms with E-state index in [-0.39, 0.29) is 5.56 Å². The molecule has 0 bridgehead atoms. The molecule has 19 heavy (non-hydrogen) atoms. The lowest BCUT2D eigenvalue weighted by molar-refractivity contribution is 0.373. The molecule has 1 fully saturated rings. The number of H-pyrrole nitrogens is 1. The highest BCUT2D eigenvalue weighted by Crippen LogP contribution is 2.23. The second-order valence-electron chi connectivity index (χ2n) is 5.65. The van der Waals surface area contributed by atoms with E-state index in [0.717, 1.165) is 36.7 Å². The van der Waals surface area contributed by atoms with Crippen LogP contribution in [-0.2, 0) is 13.0 Å². The van der Waals surface area contributed by atoms with Gasteiger partial charge in [0.1, 0.15) is 0 Å². The highest BCUT2D eigenvalue weighted by Gasteiger charge is 2.16. The molecule has 0 saturated heterocycles. The molecule has 0 atom stereocenters. The van der Waals surface area contributed by atoms with E-state index in [1.54, 1.807) is 0 Å². The lowest BCUT2D eigenvalue weighted by atomic mass is 9.89. The van der Waals surface area contributed by atoms with Gasteiger partial charge in [-0.2, -0.15) is 0 Å². The van der Waals surface area contributed by atoms with Crippen molar-refractivity contribution in [2.75, 3.05) is 18.4 Å². The van der Waals surface area contributed by atoms with Crippen molar-refractivity contribution in [2.45, 2.75) is 45.1 Å². The van der Waals surface area contributed by atoms with Gasteiger partial charge >= 0.3 is 0 Å². The van der Waals surface area contributed by atoms with E-state index < -0.39 is 0 Å². The van der Waals surface area contributed by atoms with Gasteiger partial charge in [0.25, 0.3) is 5.56 Å². The van der Waals surface area contributed by atoms with Gasteiger partial charge in [0.2, 0.25) is 5.95 Å². The van der Waals surface area contributed by atoms with E-state index in [2.05, 4.69) is 20.6 Å². The van der Waals surface area contributed by atoms with Crippen molar-refractivity contribution in [1.29, 1.82) is 0 Å². The molecule has 0 amide bonds. The Bertz CT molecular complexity index is 491. The Morgan fingerprint density at radius 1 is 1.26 bits per heavy atom. The largest absolute Gasteiger partial charge is 0.355 e. The summed E-state index contributed by atoms with van der Waals surface area (Å²) in [6.07, 6.45) is 7.42. The third-order valence-corrected chi connectivity index (χ3v) is 4.23. The lowest BCUT2D eigenvalue weighted by Crippen LogP contribution is -2.32. The fraction of sp³-hybridized carbons (Fsp3) is 0.714. The fourth-order valence-corrected chi connectivity index (χ4v) is 3.08. The maximum Gasteiger partial charge on any atom is 0.255 e. The van der Waals surface area contributed by atoms with Crippen molar-refractivity contribution in [3.63, 3.8) is 0 Å². The maximum atomic E-state index is 12.0. The summed E-state index contributed by atoms with van der Waals surface area (Å²) in [5, 5.41) is 6.57. The Hall–Kier alpha value is -1.36. The third-order valence-electron chi connectivity index (χ3n) is 4.23. The average Bonchev–Trinajstić information content (AvgIpc) is 2.46. The van der Waals surface area contributed by atoms with Crippen molar-refractivity contribution in [1.82, 2.24) is 15.3 Å². The molecule has 3 rings (SSSR count). The fourth-order valence-electron chi connectivity index (χ4n) is 3.08. The number of nitrogens with one attached hydrogen (secondary N) is 3. The minimum absolute atomic E-state index is 0.0256. The number of aromatic amines is 1. The molecule has 5 nitrogen and oxygen atoms in total. The number of fused-ring (bicyclic) bond motifs is 1. The van der Waals surface area contributed by atoms with E-state index in [9.17, 15) is 4.79 Å². The summed E-state index contributed by atoms with van der Waals surface area (Å²) in [6, 6.07) is 0. The molecular weight excluding hydrogens is 240 g/mol. The first kappa shape index (κ1) is 12.7. The van der Waals surface area contributed by atoms with Crippen molar-refractivity contribution in [3.8, 4) is 0 Å². The molecule has 0 spiro atoms. The SMILES string of the molecule is O=c1[nH]c(NCC2CCCCC2)nc2c1CCNC2. The van der Waals surface area contributed by atoms with Crippen LogP contribution in [0.2, 0.25) is 0 Å². The van der Waals surface area contributed by atoms with Gasteiger partial charge in [0.05, 0.1) is 5.69 Å². The molecule has 1 aliphatic carbocycles. The minimum Gasteiger partial charge on any atom is -0.355 e. The van der Waals surface area contributed by atoms with Gasteiger partial charge in [-0.3, -0.25) is 9.78 Å². The van der Waals surface area contributed by atoms with Gasteiger partial charge in [0.15, 0.2) is 0 Å². The van der Waals surface area contributed by atoms with E-state index in [1.165, 1.54) is 32.1 Å². The summed E-state index contributed by atoms with van der Waals surface area (Å²) in [5.41, 5.74) is 1.78. The van der Waals surface area contributed by atoms with Gasteiger partial charge in [0, 0.05) is 18.7 Å². The quantitative estimate of drug-likeness (QED) is 0.770. The van der Waals surface area contributed by atoms with Crippen LogP contribution in [0.4, 0.5) is 5.95 Å². The predicted molar refractivity (Wildman–Crippen MR) is 75.3 cm³/mol. The topological polar surface area (TPSA) is 69.8 Å². The Kier molecular flexibility index (Phi) is 3.82. The number of hydrogen-bond acceptors (Lipinski definition) is 4. The van der Waals surface area contributed by atoms with Crippen molar-refractivity contribution < 1.29 is 0 Å². The molecule has 3 N–H and O–H groups in total. The highest BCUT2D eigenvalue weighted by molar-refractivity contribution is 5.31. The van der Waals surface area contributed by atoms with E-state index >= 15 is 0 Å². The molecule has 1 aliphatic heterocycles. The number of aromatic nitrogens is 2. The minimum atomic E-state index is 0.0256. The molecular formula is C14H22N4O. The first-order valence-corrected chi connectivity index (χ1v) is 7.39. The van der Waals surface area contributed by atoms with Crippen LogP contribution in [0.1, 0.15) is 43.4 Å². The molecule has 2 aliphatic rings. The monoisotopic (exact) mass is 262 g/mol. The smallest absolute Gasteiger partial charge is 0.255 e. The van der Waals surface area contributed by atoms with Crippen LogP contribution < -0.4 is 16.2 Å². The number of hydrogen-bond donors (Lipinski definition) is 3. The van der Waals surface area contributed by atoms with Crippen molar-refractivity contribution in [3.05, 3.63) is 21.6 Å². The molecule has 5 heteroatoms. The molecule has 0 radical (unpaired) electrons. The van der Waals surface area contributed by atoms with Crippen LogP contribution in [-0.4, -0.2) is 23.1 Å². The summed E-state index contributed by atoms with van der Waals surface area (Å²) in [6.45, 7) is 2.50. The molecule has 2 heterocycles. The molecule has 1 aromatic rings. The summed E-state index contributed by atoms with van der Waals surface area (Å²) in [7, 11) is 0. The first-order valence-electron chi connectivity index (χ1n) is 7.39. The average molecular weight is 262 g/mol. The normalized spacial score (nSPS) is 20.0. The van der Waals surface area contributed by atoms with Crippen molar-refractivity contribution >= 4 is 5.95 Å². The van der Waals surface area contributed by atoms with Gasteiger partial charge in [-0.25, -0.2) is 4.98 Å². The second-order valence-corrected chi connectivity index (χ2v) is 5.65. The summed E-state index contributed by atoms with van der Waals surface area (Å²) < 4.78 is 0. The maximum absolute atomic E-state index is 12.0. The van der Waals surface area contributed by atoms with Gasteiger partial charge in [-0.15, -0.1) is 0 Å². The predicted octanol–water partition coefficient (Wildman–Crippen LogP) is 1.41. The number of anilines is 1. The summed E-state index contributed by atoms with van der Waals surface area (Å²) in [5.74, 6) is 1.37. The van der Waals surface area contributed by atoms with E-state index in [4.69, 9.17) is 0 Å². The Morgan fingerprint density at radius 3 is 2.95 bits per heavy atom. The zero-order chi connectivity index (χ0) is 13.1. The van der Waals surface area contributed by atoms with Gasteiger partial charge < -0.3 is 10.6 Å². The molecule has 104 valence electrons.